The van der Waals surface area contributed by atoms with E-state index in [1.807, 2.05) is 0 Å². The van der Waals surface area contributed by atoms with Crippen molar-refractivity contribution < 1.29 is 14.3 Å². The van der Waals surface area contributed by atoms with Crippen LogP contribution in [-0.4, -0.2) is 29.1 Å². The minimum absolute atomic E-state index is 0.178. The number of carboxylic acid groups (broad SMARTS) is 1. The SMILES string of the molecule is O=C(O)c1c2c(nc3c(F)cccc13)C1CCN2CC1. The number of hydrogen-bond donors (Lipinski definition) is 1. The first-order valence-corrected chi connectivity index (χ1v) is 6.77. The molecule has 1 N–H and O–H groups in total. The van der Waals surface area contributed by atoms with Gasteiger partial charge in [0, 0.05) is 24.4 Å². The normalized spacial score (nSPS) is 17.6. The molecule has 1 aromatic carbocycles. The summed E-state index contributed by atoms with van der Waals surface area (Å²) in [6, 6.07) is 4.50. The van der Waals surface area contributed by atoms with Crippen LogP contribution >= 0.6 is 0 Å². The fourth-order valence-electron chi connectivity index (χ4n) is 3.46. The number of hydrogen-bond acceptors (Lipinski definition) is 3. The van der Waals surface area contributed by atoms with Gasteiger partial charge in [-0.3, -0.25) is 0 Å². The largest absolute Gasteiger partial charge is 0.478 e. The van der Waals surface area contributed by atoms with E-state index in [0.717, 1.165) is 31.6 Å². The van der Waals surface area contributed by atoms with E-state index < -0.39 is 11.8 Å². The van der Waals surface area contributed by atoms with E-state index in [1.165, 1.54) is 12.1 Å². The number of halogens is 1. The number of nitrogens with zero attached hydrogens (tertiary/aromatic N) is 2. The van der Waals surface area contributed by atoms with Crippen molar-refractivity contribution in [3.8, 4) is 0 Å². The molecule has 4 heterocycles. The molecule has 3 aliphatic rings. The van der Waals surface area contributed by atoms with E-state index in [1.54, 1.807) is 6.07 Å². The lowest BCUT2D eigenvalue weighted by Crippen LogP contribution is -2.40. The number of benzene rings is 1. The Balaban J connectivity index is 2.16. The first-order chi connectivity index (χ1) is 9.66. The van der Waals surface area contributed by atoms with Gasteiger partial charge < -0.3 is 10.0 Å². The average molecular weight is 272 g/mol. The Morgan fingerprint density at radius 3 is 2.80 bits per heavy atom. The molecule has 20 heavy (non-hydrogen) atoms. The minimum atomic E-state index is -1.01. The highest BCUT2D eigenvalue weighted by molar-refractivity contribution is 6.08. The van der Waals surface area contributed by atoms with Crippen LogP contribution in [0, 0.1) is 5.82 Å². The van der Waals surface area contributed by atoms with E-state index in [4.69, 9.17) is 0 Å². The van der Waals surface area contributed by atoms with Crippen LogP contribution in [-0.2, 0) is 0 Å². The van der Waals surface area contributed by atoms with Gasteiger partial charge in [-0.25, -0.2) is 14.2 Å². The fourth-order valence-corrected chi connectivity index (χ4v) is 3.46. The number of fused-ring (bicyclic) bond motifs is 3. The maximum Gasteiger partial charge on any atom is 0.338 e. The Labute approximate surface area is 114 Å². The standard InChI is InChI=1S/C15H13FN2O2/c16-10-3-1-2-9-11(15(19)20)14-12(17-13(9)10)8-4-6-18(14)7-5-8/h1-3,8H,4-7H2,(H,19,20). The Morgan fingerprint density at radius 2 is 2.10 bits per heavy atom. The van der Waals surface area contributed by atoms with Crippen LogP contribution in [0.25, 0.3) is 10.9 Å². The lowest BCUT2D eigenvalue weighted by atomic mass is 9.84. The highest BCUT2D eigenvalue weighted by Crippen LogP contribution is 2.45. The topological polar surface area (TPSA) is 53.4 Å². The maximum absolute atomic E-state index is 14.0. The summed E-state index contributed by atoms with van der Waals surface area (Å²) in [5.74, 6) is -1.20. The van der Waals surface area contributed by atoms with Crippen molar-refractivity contribution in [3.63, 3.8) is 0 Å². The lowest BCUT2D eigenvalue weighted by molar-refractivity contribution is 0.0699. The Kier molecular flexibility index (Phi) is 2.28. The van der Waals surface area contributed by atoms with Crippen LogP contribution in [0.15, 0.2) is 18.2 Å². The summed E-state index contributed by atoms with van der Waals surface area (Å²) < 4.78 is 14.0. The highest BCUT2D eigenvalue weighted by Gasteiger charge is 2.36. The molecular weight excluding hydrogens is 259 g/mol. The van der Waals surface area contributed by atoms with Crippen molar-refractivity contribution >= 4 is 22.6 Å². The summed E-state index contributed by atoms with van der Waals surface area (Å²) in [5, 5.41) is 9.97. The third kappa shape index (κ3) is 1.40. The minimum Gasteiger partial charge on any atom is -0.478 e. The van der Waals surface area contributed by atoms with Gasteiger partial charge in [-0.2, -0.15) is 0 Å². The molecule has 2 aromatic rings. The molecule has 0 radical (unpaired) electrons. The van der Waals surface area contributed by atoms with Gasteiger partial charge in [-0.15, -0.1) is 0 Å². The molecule has 102 valence electrons. The summed E-state index contributed by atoms with van der Waals surface area (Å²) >= 11 is 0. The first kappa shape index (κ1) is 11.6. The van der Waals surface area contributed by atoms with Gasteiger partial charge in [0.15, 0.2) is 0 Å². The summed E-state index contributed by atoms with van der Waals surface area (Å²) in [6.45, 7) is 1.72. The zero-order valence-corrected chi connectivity index (χ0v) is 10.8. The van der Waals surface area contributed by atoms with Crippen LogP contribution in [0.5, 0.6) is 0 Å². The van der Waals surface area contributed by atoms with Crippen LogP contribution in [0.1, 0.15) is 34.8 Å². The molecule has 5 heteroatoms. The molecule has 1 fully saturated rings. The van der Waals surface area contributed by atoms with E-state index in [-0.39, 0.29) is 17.0 Å². The summed E-state index contributed by atoms with van der Waals surface area (Å²) in [4.78, 5) is 18.2. The summed E-state index contributed by atoms with van der Waals surface area (Å²) in [6.07, 6.45) is 1.94. The van der Waals surface area contributed by atoms with E-state index in [9.17, 15) is 14.3 Å². The second-order valence-corrected chi connectivity index (χ2v) is 5.42. The number of para-hydroxylation sites is 1. The Hall–Kier alpha value is -2.17. The third-order valence-corrected chi connectivity index (χ3v) is 4.38. The molecule has 1 saturated heterocycles. The predicted octanol–water partition coefficient (Wildman–Crippen LogP) is 2.77. The molecule has 1 aromatic heterocycles. The lowest BCUT2D eigenvalue weighted by Gasteiger charge is -2.42. The second kappa shape index (κ2) is 3.91. The van der Waals surface area contributed by atoms with Crippen molar-refractivity contribution in [1.29, 1.82) is 0 Å². The molecule has 0 amide bonds. The van der Waals surface area contributed by atoms with Crippen LogP contribution in [0.4, 0.5) is 10.1 Å². The average Bonchev–Trinajstić information content (AvgIpc) is 2.46. The van der Waals surface area contributed by atoms with Gasteiger partial charge in [0.05, 0.1) is 16.9 Å². The van der Waals surface area contributed by atoms with Crippen molar-refractivity contribution in [2.45, 2.75) is 18.8 Å². The van der Waals surface area contributed by atoms with E-state index in [0.29, 0.717) is 11.1 Å². The van der Waals surface area contributed by atoms with Gasteiger partial charge >= 0.3 is 5.97 Å². The molecule has 3 aliphatic heterocycles. The first-order valence-electron chi connectivity index (χ1n) is 6.77. The molecule has 0 saturated carbocycles. The number of piperidine rings is 1. The number of pyridine rings is 1. The third-order valence-electron chi connectivity index (χ3n) is 4.38. The van der Waals surface area contributed by atoms with E-state index >= 15 is 0 Å². The molecule has 0 atom stereocenters. The zero-order valence-electron chi connectivity index (χ0n) is 10.8. The van der Waals surface area contributed by atoms with Gasteiger partial charge in [-0.1, -0.05) is 12.1 Å². The van der Waals surface area contributed by atoms with Crippen molar-refractivity contribution in [2.24, 2.45) is 0 Å². The van der Waals surface area contributed by atoms with Crippen LogP contribution in [0.2, 0.25) is 0 Å². The molecule has 2 bridgehead atoms. The van der Waals surface area contributed by atoms with Gasteiger partial charge in [0.1, 0.15) is 11.3 Å². The van der Waals surface area contributed by atoms with Gasteiger partial charge in [0.2, 0.25) is 0 Å². The van der Waals surface area contributed by atoms with Crippen molar-refractivity contribution in [3.05, 3.63) is 35.3 Å². The van der Waals surface area contributed by atoms with Crippen molar-refractivity contribution in [2.75, 3.05) is 18.0 Å². The quantitative estimate of drug-likeness (QED) is 0.867. The Morgan fingerprint density at radius 1 is 1.35 bits per heavy atom. The van der Waals surface area contributed by atoms with Crippen molar-refractivity contribution in [1.82, 2.24) is 4.98 Å². The highest BCUT2D eigenvalue weighted by atomic mass is 19.1. The number of rotatable bonds is 1. The summed E-state index contributed by atoms with van der Waals surface area (Å²) in [7, 11) is 0. The maximum atomic E-state index is 14.0. The monoisotopic (exact) mass is 272 g/mol. The molecular formula is C15H13FN2O2. The predicted molar refractivity (Wildman–Crippen MR) is 72.8 cm³/mol. The number of carboxylic acids is 1. The molecule has 5 rings (SSSR count). The second-order valence-electron chi connectivity index (χ2n) is 5.42. The number of carbonyl (C=O) groups is 1. The zero-order chi connectivity index (χ0) is 13.9. The smallest absolute Gasteiger partial charge is 0.338 e. The number of anilines is 1. The Bertz CT molecular complexity index is 736. The number of aromatic nitrogens is 1. The van der Waals surface area contributed by atoms with Crippen LogP contribution in [0.3, 0.4) is 0 Å². The van der Waals surface area contributed by atoms with Crippen LogP contribution < -0.4 is 4.90 Å². The molecule has 0 unspecified atom stereocenters. The van der Waals surface area contributed by atoms with Gasteiger partial charge in [0.25, 0.3) is 0 Å². The summed E-state index contributed by atoms with van der Waals surface area (Å²) in [5.41, 5.74) is 1.85. The van der Waals surface area contributed by atoms with Gasteiger partial charge in [-0.05, 0) is 18.9 Å². The molecule has 0 spiro atoms. The molecule has 4 nitrogen and oxygen atoms in total. The fraction of sp³-hybridized carbons (Fsp3) is 0.333. The number of aromatic carboxylic acids is 1. The van der Waals surface area contributed by atoms with E-state index in [2.05, 4.69) is 9.88 Å². The molecule has 0 aliphatic carbocycles.